The average Bonchev–Trinajstić information content (AvgIpc) is 3.06. The number of rotatable bonds is 2. The molecule has 2 aromatic carbocycles. The minimum Gasteiger partial charge on any atom is -0.368 e. The Hall–Kier alpha value is -3.33. The Morgan fingerprint density at radius 3 is 2.65 bits per heavy atom. The lowest BCUT2D eigenvalue weighted by Crippen LogP contribution is -2.48. The zero-order chi connectivity index (χ0) is 18.1. The molecule has 4 rings (SSSR count). The number of nitrogens with one attached hydrogen (secondary N) is 1. The van der Waals surface area contributed by atoms with Crippen LogP contribution in [0.25, 0.3) is 0 Å². The molecule has 0 unspecified atom stereocenters. The monoisotopic (exact) mass is 346 g/mol. The maximum absolute atomic E-state index is 12.7. The molecule has 130 valence electrons. The molecule has 0 aliphatic carbocycles. The number of benzene rings is 2. The molecule has 0 atom stereocenters. The van der Waals surface area contributed by atoms with Crippen molar-refractivity contribution in [3.63, 3.8) is 0 Å². The molecule has 6 nitrogen and oxygen atoms in total. The average molecular weight is 346 g/mol. The van der Waals surface area contributed by atoms with Crippen molar-refractivity contribution in [1.29, 1.82) is 5.26 Å². The van der Waals surface area contributed by atoms with Gasteiger partial charge in [0.25, 0.3) is 5.91 Å². The summed E-state index contributed by atoms with van der Waals surface area (Å²) in [5, 5.41) is 11.8. The van der Waals surface area contributed by atoms with Crippen LogP contribution in [0.5, 0.6) is 0 Å². The third-order valence-electron chi connectivity index (χ3n) is 4.88. The van der Waals surface area contributed by atoms with Crippen LogP contribution in [0, 0.1) is 11.3 Å². The number of carbonyl (C=O) groups excluding carboxylic acids is 2. The van der Waals surface area contributed by atoms with Gasteiger partial charge in [0.1, 0.15) is 0 Å². The third-order valence-corrected chi connectivity index (χ3v) is 4.88. The van der Waals surface area contributed by atoms with Crippen LogP contribution in [0.3, 0.4) is 0 Å². The van der Waals surface area contributed by atoms with Gasteiger partial charge in [-0.1, -0.05) is 6.07 Å². The summed E-state index contributed by atoms with van der Waals surface area (Å²) in [5.74, 6) is -0.00216. The van der Waals surface area contributed by atoms with Crippen LogP contribution in [-0.2, 0) is 11.2 Å². The Morgan fingerprint density at radius 1 is 1.08 bits per heavy atom. The van der Waals surface area contributed by atoms with Crippen molar-refractivity contribution in [2.24, 2.45) is 0 Å². The van der Waals surface area contributed by atoms with E-state index in [1.54, 1.807) is 24.3 Å². The van der Waals surface area contributed by atoms with Crippen LogP contribution in [0.4, 0.5) is 11.4 Å². The van der Waals surface area contributed by atoms with Crippen LogP contribution < -0.4 is 10.2 Å². The lowest BCUT2D eigenvalue weighted by atomic mass is 10.1. The molecule has 2 aromatic rings. The van der Waals surface area contributed by atoms with Gasteiger partial charge in [0, 0.05) is 43.1 Å². The summed E-state index contributed by atoms with van der Waals surface area (Å²) in [4.78, 5) is 28.2. The van der Waals surface area contributed by atoms with E-state index in [-0.39, 0.29) is 11.8 Å². The van der Waals surface area contributed by atoms with Gasteiger partial charge >= 0.3 is 0 Å². The van der Waals surface area contributed by atoms with E-state index in [0.717, 1.165) is 30.0 Å². The van der Waals surface area contributed by atoms with E-state index in [2.05, 4.69) is 22.4 Å². The van der Waals surface area contributed by atoms with E-state index in [1.807, 2.05) is 17.0 Å². The van der Waals surface area contributed by atoms with Crippen LogP contribution >= 0.6 is 0 Å². The molecule has 1 fully saturated rings. The molecule has 6 heteroatoms. The zero-order valence-corrected chi connectivity index (χ0v) is 14.2. The van der Waals surface area contributed by atoms with E-state index in [0.29, 0.717) is 30.6 Å². The molecule has 2 aliphatic rings. The van der Waals surface area contributed by atoms with Crippen molar-refractivity contribution >= 4 is 23.2 Å². The Balaban J connectivity index is 1.43. The normalized spacial score (nSPS) is 16.0. The second-order valence-corrected chi connectivity index (χ2v) is 6.54. The molecule has 0 aromatic heterocycles. The predicted molar refractivity (Wildman–Crippen MR) is 98.0 cm³/mol. The Bertz CT molecular complexity index is 924. The quantitative estimate of drug-likeness (QED) is 0.902. The zero-order valence-electron chi connectivity index (χ0n) is 14.2. The highest BCUT2D eigenvalue weighted by atomic mass is 16.2. The molecule has 26 heavy (non-hydrogen) atoms. The summed E-state index contributed by atoms with van der Waals surface area (Å²) in [6, 6.07) is 14.9. The van der Waals surface area contributed by atoms with Gasteiger partial charge in [-0.05, 0) is 42.0 Å². The number of nitriles is 1. The van der Waals surface area contributed by atoms with Gasteiger partial charge in [0.2, 0.25) is 5.91 Å². The first-order valence-electron chi connectivity index (χ1n) is 8.61. The molecule has 1 saturated heterocycles. The van der Waals surface area contributed by atoms with Crippen molar-refractivity contribution in [2.75, 3.05) is 36.4 Å². The van der Waals surface area contributed by atoms with Crippen LogP contribution in [0.2, 0.25) is 0 Å². The maximum Gasteiger partial charge on any atom is 0.254 e. The minimum absolute atomic E-state index is 0.0344. The summed E-state index contributed by atoms with van der Waals surface area (Å²) < 4.78 is 0. The molecular formula is C20H18N4O2. The van der Waals surface area contributed by atoms with Gasteiger partial charge in [-0.25, -0.2) is 0 Å². The van der Waals surface area contributed by atoms with E-state index in [4.69, 9.17) is 5.26 Å². The number of carbonyl (C=O) groups is 2. The number of anilines is 2. The standard InChI is InChI=1S/C20H18N4O2/c21-13-14-2-1-3-15(10-14)20(26)24-8-6-23(7-9-24)17-4-5-18-16(11-17)12-19(25)22-18/h1-5,10-11H,6-9,12H2,(H,22,25). The van der Waals surface area contributed by atoms with Gasteiger partial charge < -0.3 is 15.1 Å². The largest absolute Gasteiger partial charge is 0.368 e. The summed E-state index contributed by atoms with van der Waals surface area (Å²) in [7, 11) is 0. The fraction of sp³-hybridized carbons (Fsp3) is 0.250. The first-order valence-corrected chi connectivity index (χ1v) is 8.61. The molecule has 2 heterocycles. The maximum atomic E-state index is 12.7. The summed E-state index contributed by atoms with van der Waals surface area (Å²) in [5.41, 5.74) is 4.05. The fourth-order valence-electron chi connectivity index (χ4n) is 3.48. The van der Waals surface area contributed by atoms with Gasteiger partial charge in [-0.15, -0.1) is 0 Å². The van der Waals surface area contributed by atoms with E-state index >= 15 is 0 Å². The first-order chi connectivity index (χ1) is 12.6. The van der Waals surface area contributed by atoms with Crippen molar-refractivity contribution in [3.8, 4) is 6.07 Å². The lowest BCUT2D eigenvalue weighted by molar-refractivity contribution is -0.115. The number of amides is 2. The van der Waals surface area contributed by atoms with Gasteiger partial charge in [-0.2, -0.15) is 5.26 Å². The second-order valence-electron chi connectivity index (χ2n) is 6.54. The van der Waals surface area contributed by atoms with E-state index in [9.17, 15) is 9.59 Å². The number of piperazine rings is 1. The van der Waals surface area contributed by atoms with Crippen molar-refractivity contribution < 1.29 is 9.59 Å². The molecule has 2 amide bonds. The highest BCUT2D eigenvalue weighted by Crippen LogP contribution is 2.28. The molecule has 1 N–H and O–H groups in total. The van der Waals surface area contributed by atoms with E-state index < -0.39 is 0 Å². The van der Waals surface area contributed by atoms with Crippen molar-refractivity contribution in [3.05, 3.63) is 59.2 Å². The number of fused-ring (bicyclic) bond motifs is 1. The van der Waals surface area contributed by atoms with Gasteiger partial charge in [0.05, 0.1) is 18.1 Å². The Labute approximate surface area is 151 Å². The molecule has 0 saturated carbocycles. The number of hydrogen-bond donors (Lipinski definition) is 1. The van der Waals surface area contributed by atoms with Crippen LogP contribution in [-0.4, -0.2) is 42.9 Å². The summed E-state index contributed by atoms with van der Waals surface area (Å²) >= 11 is 0. The third kappa shape index (κ3) is 3.00. The van der Waals surface area contributed by atoms with Crippen LogP contribution in [0.15, 0.2) is 42.5 Å². The summed E-state index contributed by atoms with van der Waals surface area (Å²) in [6.45, 7) is 2.74. The molecule has 0 spiro atoms. The summed E-state index contributed by atoms with van der Waals surface area (Å²) in [6.07, 6.45) is 0.427. The van der Waals surface area contributed by atoms with Gasteiger partial charge in [-0.3, -0.25) is 9.59 Å². The Kier molecular flexibility index (Phi) is 4.05. The number of nitrogens with zero attached hydrogens (tertiary/aromatic N) is 3. The smallest absolute Gasteiger partial charge is 0.254 e. The molecular weight excluding hydrogens is 328 g/mol. The van der Waals surface area contributed by atoms with Crippen molar-refractivity contribution in [1.82, 2.24) is 4.90 Å². The topological polar surface area (TPSA) is 76.4 Å². The second kappa shape index (κ2) is 6.52. The van der Waals surface area contributed by atoms with Crippen LogP contribution in [0.1, 0.15) is 21.5 Å². The lowest BCUT2D eigenvalue weighted by Gasteiger charge is -2.36. The number of hydrogen-bond acceptors (Lipinski definition) is 4. The van der Waals surface area contributed by atoms with Crippen molar-refractivity contribution in [2.45, 2.75) is 6.42 Å². The highest BCUT2D eigenvalue weighted by molar-refractivity contribution is 5.99. The highest BCUT2D eigenvalue weighted by Gasteiger charge is 2.24. The minimum atomic E-state index is -0.0366. The molecule has 0 bridgehead atoms. The Morgan fingerprint density at radius 2 is 1.88 bits per heavy atom. The first kappa shape index (κ1) is 16.2. The molecule has 0 radical (unpaired) electrons. The predicted octanol–water partition coefficient (Wildman–Crippen LogP) is 2.02. The SMILES string of the molecule is N#Cc1cccc(C(=O)N2CCN(c3ccc4c(c3)CC(=O)N4)CC2)c1. The molecule has 2 aliphatic heterocycles. The fourth-order valence-corrected chi connectivity index (χ4v) is 3.48. The van der Waals surface area contributed by atoms with E-state index in [1.165, 1.54) is 0 Å². The van der Waals surface area contributed by atoms with Gasteiger partial charge in [0.15, 0.2) is 0 Å².